The fourth-order valence-corrected chi connectivity index (χ4v) is 1.98. The molecule has 7 nitrogen and oxygen atoms in total. The quantitative estimate of drug-likeness (QED) is 0.540. The normalized spacial score (nSPS) is 32.5. The van der Waals surface area contributed by atoms with Crippen LogP contribution in [-0.4, -0.2) is 34.5 Å². The molecule has 3 N–H and O–H groups in total. The molecule has 4 amide bonds. The van der Waals surface area contributed by atoms with E-state index in [-0.39, 0.29) is 4.90 Å². The van der Waals surface area contributed by atoms with Crippen molar-refractivity contribution in [3.63, 3.8) is 0 Å². The van der Waals surface area contributed by atoms with Gasteiger partial charge in [0.05, 0.1) is 16.6 Å². The second kappa shape index (κ2) is 4.16. The summed E-state index contributed by atoms with van der Waals surface area (Å²) in [6.07, 6.45) is -3.86. The molecule has 0 spiro atoms. The average molecular weight is 279 g/mol. The maximum Gasteiger partial charge on any atom is 0.264 e. The number of nitrogen functional groups attached to an aromatic ring is 1. The van der Waals surface area contributed by atoms with Crippen molar-refractivity contribution < 1.29 is 27.4 Å². The highest BCUT2D eigenvalue weighted by Gasteiger charge is 2.45. The van der Waals surface area contributed by atoms with Crippen molar-refractivity contribution in [2.75, 3.05) is 5.73 Å². The molecule has 7 heteroatoms. The van der Waals surface area contributed by atoms with Crippen LogP contribution in [0.5, 0.6) is 0 Å². The Balaban J connectivity index is 2.26. The molecule has 0 aromatic heterocycles. The molecule has 1 aromatic carbocycles. The fourth-order valence-electron chi connectivity index (χ4n) is 1.98. The molecule has 0 saturated carbocycles. The Labute approximate surface area is 122 Å². The van der Waals surface area contributed by atoms with Crippen LogP contribution in [0.2, 0.25) is 0 Å². The van der Waals surface area contributed by atoms with Crippen molar-refractivity contribution >= 4 is 29.3 Å². The minimum Gasteiger partial charge on any atom is -0.398 e. The molecule has 1 saturated heterocycles. The first-order chi connectivity index (χ1) is 11.9. The van der Waals surface area contributed by atoms with Gasteiger partial charge in [0.1, 0.15) is 6.02 Å². The van der Waals surface area contributed by atoms with E-state index in [1.54, 1.807) is 5.32 Å². The van der Waals surface area contributed by atoms with Crippen LogP contribution in [0.15, 0.2) is 18.1 Å². The lowest BCUT2D eigenvalue weighted by atomic mass is 10.0. The molecule has 2 aliphatic heterocycles. The molecule has 0 radical (unpaired) electrons. The van der Waals surface area contributed by atoms with E-state index < -0.39 is 77.4 Å². The van der Waals surface area contributed by atoms with E-state index in [4.69, 9.17) is 14.0 Å². The monoisotopic (exact) mass is 279 g/mol. The molecule has 20 heavy (non-hydrogen) atoms. The molecule has 102 valence electrons. The Bertz CT molecular complexity index is 886. The van der Waals surface area contributed by atoms with Crippen molar-refractivity contribution in [3.8, 4) is 0 Å². The summed E-state index contributed by atoms with van der Waals surface area (Å²) in [7, 11) is 0. The van der Waals surface area contributed by atoms with Gasteiger partial charge < -0.3 is 5.73 Å². The van der Waals surface area contributed by atoms with Crippen molar-refractivity contribution in [3.05, 3.63) is 29.3 Å². The zero-order chi connectivity index (χ0) is 19.8. The van der Waals surface area contributed by atoms with Crippen LogP contribution < -0.4 is 11.1 Å². The van der Waals surface area contributed by atoms with Gasteiger partial charge in [0.15, 0.2) is 0 Å². The van der Waals surface area contributed by atoms with Crippen molar-refractivity contribution in [1.82, 2.24) is 10.2 Å². The molecule has 0 bridgehead atoms. The Hall–Kier alpha value is -2.70. The van der Waals surface area contributed by atoms with Gasteiger partial charge in [0.2, 0.25) is 11.8 Å². The van der Waals surface area contributed by atoms with Gasteiger partial charge in [-0.05, 0) is 18.5 Å². The molecule has 2 heterocycles. The zero-order valence-corrected chi connectivity index (χ0v) is 9.86. The molecule has 1 fully saturated rings. The summed E-state index contributed by atoms with van der Waals surface area (Å²) < 4.78 is 47.1. The minimum absolute atomic E-state index is 0.00722. The predicted octanol–water partition coefficient (Wildman–Crippen LogP) is -0.330. The Morgan fingerprint density at radius 1 is 1.35 bits per heavy atom. The number of rotatable bonds is 1. The number of fused-ring (bicyclic) bond motifs is 1. The maximum absolute atomic E-state index is 12.7. The molecule has 3 rings (SSSR count). The van der Waals surface area contributed by atoms with Crippen LogP contribution in [0.25, 0.3) is 0 Å². The molecule has 1 aromatic rings. The first-order valence-corrected chi connectivity index (χ1v) is 5.48. The van der Waals surface area contributed by atoms with E-state index in [2.05, 4.69) is 0 Å². The van der Waals surface area contributed by atoms with Crippen molar-refractivity contribution in [2.45, 2.75) is 18.8 Å². The number of carbonyl (C=O) groups is 4. The van der Waals surface area contributed by atoms with Crippen LogP contribution in [0.4, 0.5) is 5.69 Å². The summed E-state index contributed by atoms with van der Waals surface area (Å²) in [6, 6.07) is -5.33. The summed E-state index contributed by atoms with van der Waals surface area (Å²) in [4.78, 5) is 49.0. The smallest absolute Gasteiger partial charge is 0.264 e. The number of nitrogens with zero attached hydrogens (tertiary/aromatic N) is 1. The van der Waals surface area contributed by atoms with E-state index in [0.29, 0.717) is 0 Å². The highest BCUT2D eigenvalue weighted by molar-refractivity contribution is 6.25. The maximum atomic E-state index is 12.7. The average Bonchev–Trinajstić information content (AvgIpc) is 2.79. The molecular formula is C13H11N3O4. The van der Waals surface area contributed by atoms with Gasteiger partial charge in [0, 0.05) is 14.8 Å². The van der Waals surface area contributed by atoms with Crippen LogP contribution in [0.1, 0.15) is 41.7 Å². The SMILES string of the molecule is [2H]c1c([2H])c(N)c2c(c1[2H])C(=O)N(C1([2H])C(=O)NC(=O)CC1([2H])[2H])C2=O. The molecule has 1 unspecified atom stereocenters. The Kier molecular flexibility index (Phi) is 1.49. The summed E-state index contributed by atoms with van der Waals surface area (Å²) >= 11 is 0. The van der Waals surface area contributed by atoms with Crippen molar-refractivity contribution in [1.29, 1.82) is 0 Å². The van der Waals surface area contributed by atoms with Gasteiger partial charge in [-0.3, -0.25) is 29.4 Å². The molecule has 2 aliphatic rings. The topological polar surface area (TPSA) is 110 Å². The second-order valence-electron chi connectivity index (χ2n) is 4.06. The molecular weight excluding hydrogens is 262 g/mol. The van der Waals surface area contributed by atoms with Gasteiger partial charge in [-0.25, -0.2) is 0 Å². The third kappa shape index (κ3) is 1.59. The third-order valence-corrected chi connectivity index (χ3v) is 2.85. The number of anilines is 1. The van der Waals surface area contributed by atoms with Gasteiger partial charge in [-0.15, -0.1) is 0 Å². The van der Waals surface area contributed by atoms with Gasteiger partial charge >= 0.3 is 0 Å². The molecule has 0 aliphatic carbocycles. The van der Waals surface area contributed by atoms with Gasteiger partial charge in [0.25, 0.3) is 11.8 Å². The lowest BCUT2D eigenvalue weighted by molar-refractivity contribution is -0.136. The standard InChI is InChI=1S/C13H11N3O4/c14-7-3-1-2-6-10(7)13(20)16(12(6)19)8-4-5-9(17)15-11(8)18/h1-3,8H,4-5,14H2,(H,15,17,18)/i1D,2D,3D,4D2,8D. The number of hydrogen-bond acceptors (Lipinski definition) is 5. The van der Waals surface area contributed by atoms with E-state index in [1.807, 2.05) is 0 Å². The highest BCUT2D eigenvalue weighted by Crippen LogP contribution is 2.30. The van der Waals surface area contributed by atoms with E-state index in [9.17, 15) is 19.2 Å². The van der Waals surface area contributed by atoms with Crippen LogP contribution in [0.3, 0.4) is 0 Å². The number of piperidine rings is 1. The number of amides is 4. The van der Waals surface area contributed by atoms with Crippen LogP contribution in [0, 0.1) is 0 Å². The number of imide groups is 2. The summed E-state index contributed by atoms with van der Waals surface area (Å²) in [5.41, 5.74) is 3.72. The molecule has 1 atom stereocenters. The summed E-state index contributed by atoms with van der Waals surface area (Å²) in [5.74, 6) is -5.23. The first-order valence-electron chi connectivity index (χ1n) is 8.48. The summed E-state index contributed by atoms with van der Waals surface area (Å²) in [5, 5.41) is 1.72. The largest absolute Gasteiger partial charge is 0.398 e. The number of hydrogen-bond donors (Lipinski definition) is 2. The van der Waals surface area contributed by atoms with Gasteiger partial charge in [-0.1, -0.05) is 6.04 Å². The Morgan fingerprint density at radius 2 is 2.10 bits per heavy atom. The van der Waals surface area contributed by atoms with Crippen molar-refractivity contribution in [2.24, 2.45) is 0 Å². The van der Waals surface area contributed by atoms with E-state index >= 15 is 0 Å². The summed E-state index contributed by atoms with van der Waals surface area (Å²) in [6.45, 7) is 0. The third-order valence-electron chi connectivity index (χ3n) is 2.85. The second-order valence-corrected chi connectivity index (χ2v) is 4.06. The first kappa shape index (κ1) is 7.18. The predicted molar refractivity (Wildman–Crippen MR) is 67.5 cm³/mol. The number of benzene rings is 1. The fraction of sp³-hybridized carbons (Fsp3) is 0.231. The van der Waals surface area contributed by atoms with Gasteiger partial charge in [-0.2, -0.15) is 0 Å². The lowest BCUT2D eigenvalue weighted by Crippen LogP contribution is -2.54. The lowest BCUT2D eigenvalue weighted by Gasteiger charge is -2.27. The highest BCUT2D eigenvalue weighted by atomic mass is 16.2. The minimum atomic E-state index is -3.13. The van der Waals surface area contributed by atoms with Crippen LogP contribution in [-0.2, 0) is 9.59 Å². The van der Waals surface area contributed by atoms with E-state index in [0.717, 1.165) is 0 Å². The number of nitrogens with one attached hydrogen (secondary N) is 1. The number of carbonyl (C=O) groups excluding carboxylic acids is 4. The van der Waals surface area contributed by atoms with Crippen LogP contribution >= 0.6 is 0 Å². The Morgan fingerprint density at radius 3 is 2.80 bits per heavy atom. The zero-order valence-electron chi connectivity index (χ0n) is 15.9. The number of nitrogens with two attached hydrogens (primary N) is 1. The van der Waals surface area contributed by atoms with E-state index in [1.165, 1.54) is 0 Å².